The molecule has 2 aromatic carbocycles. The molecular formula is C24H29N3O4S. The molecule has 0 bridgehead atoms. The molecule has 4 rings (SSSR count). The van der Waals surface area contributed by atoms with Gasteiger partial charge in [0.1, 0.15) is 0 Å². The first kappa shape index (κ1) is 22.5. The average molecular weight is 456 g/mol. The highest BCUT2D eigenvalue weighted by Gasteiger charge is 2.32. The van der Waals surface area contributed by atoms with Gasteiger partial charge in [0.05, 0.1) is 4.90 Å². The van der Waals surface area contributed by atoms with Gasteiger partial charge >= 0.3 is 0 Å². The number of rotatable bonds is 5. The molecule has 0 aromatic heterocycles. The molecule has 2 amide bonds. The van der Waals surface area contributed by atoms with E-state index in [0.29, 0.717) is 42.1 Å². The number of nitrogens with one attached hydrogen (secondary N) is 2. The van der Waals surface area contributed by atoms with Gasteiger partial charge in [-0.05, 0) is 86.1 Å². The number of hydrogen-bond donors (Lipinski definition) is 2. The van der Waals surface area contributed by atoms with Crippen LogP contribution in [-0.2, 0) is 27.7 Å². The lowest BCUT2D eigenvalue weighted by Crippen LogP contribution is -2.41. The predicted octanol–water partition coefficient (Wildman–Crippen LogP) is 2.88. The molecule has 1 aliphatic heterocycles. The lowest BCUT2D eigenvalue weighted by molar-refractivity contribution is -0.120. The van der Waals surface area contributed by atoms with Crippen LogP contribution in [0.15, 0.2) is 41.3 Å². The number of carbonyl (C=O) groups is 2. The zero-order chi connectivity index (χ0) is 22.9. The van der Waals surface area contributed by atoms with E-state index in [9.17, 15) is 18.0 Å². The van der Waals surface area contributed by atoms with Crippen molar-refractivity contribution in [2.45, 2.75) is 43.9 Å². The monoisotopic (exact) mass is 455 g/mol. The highest BCUT2D eigenvalue weighted by atomic mass is 32.2. The molecule has 170 valence electrons. The first-order valence-corrected chi connectivity index (χ1v) is 12.5. The van der Waals surface area contributed by atoms with Crippen LogP contribution in [0.1, 0.15) is 46.3 Å². The molecule has 0 atom stereocenters. The lowest BCUT2D eigenvalue weighted by Gasteiger charge is -2.30. The number of sulfonamides is 1. The van der Waals surface area contributed by atoms with E-state index >= 15 is 0 Å². The number of nitrogens with zero attached hydrogens (tertiary/aromatic N) is 1. The van der Waals surface area contributed by atoms with Crippen molar-refractivity contribution in [1.29, 1.82) is 0 Å². The van der Waals surface area contributed by atoms with Gasteiger partial charge in [-0.15, -0.1) is 0 Å². The molecule has 0 saturated carbocycles. The normalized spacial score (nSPS) is 17.1. The van der Waals surface area contributed by atoms with E-state index in [1.54, 1.807) is 31.3 Å². The SMILES string of the molecule is CNC(=O)c1ccc(NC(=O)C2CCN(S(=O)(=O)c3ccc4c(c3)CCC4)CC2)c(C)c1. The maximum Gasteiger partial charge on any atom is 0.251 e. The number of benzene rings is 2. The number of amides is 2. The second kappa shape index (κ2) is 9.03. The minimum absolute atomic E-state index is 0.115. The van der Waals surface area contributed by atoms with Crippen LogP contribution in [-0.4, -0.2) is 44.7 Å². The summed E-state index contributed by atoms with van der Waals surface area (Å²) in [6.45, 7) is 2.49. The van der Waals surface area contributed by atoms with E-state index in [1.165, 1.54) is 9.87 Å². The van der Waals surface area contributed by atoms with Crippen LogP contribution in [0.4, 0.5) is 5.69 Å². The Hall–Kier alpha value is -2.71. The molecule has 1 aliphatic carbocycles. The standard InChI is InChI=1S/C24H29N3O4S/c1-16-14-20(23(28)25-2)7-9-22(16)26-24(29)18-10-12-27(13-11-18)32(30,31)21-8-6-17-4-3-5-19(17)15-21/h6-9,14-15,18H,3-5,10-13H2,1-2H3,(H,25,28)(H,26,29). The van der Waals surface area contributed by atoms with Crippen molar-refractivity contribution in [1.82, 2.24) is 9.62 Å². The fraction of sp³-hybridized carbons (Fsp3) is 0.417. The van der Waals surface area contributed by atoms with Crippen molar-refractivity contribution in [2.24, 2.45) is 5.92 Å². The molecule has 2 aromatic rings. The van der Waals surface area contributed by atoms with Gasteiger partial charge in [-0.2, -0.15) is 4.31 Å². The quantitative estimate of drug-likeness (QED) is 0.725. The summed E-state index contributed by atoms with van der Waals surface area (Å²) in [7, 11) is -1.98. The zero-order valence-electron chi connectivity index (χ0n) is 18.5. The van der Waals surface area contributed by atoms with Gasteiger partial charge in [0.25, 0.3) is 5.91 Å². The van der Waals surface area contributed by atoms with Gasteiger partial charge in [-0.3, -0.25) is 9.59 Å². The summed E-state index contributed by atoms with van der Waals surface area (Å²) in [5.41, 5.74) is 4.39. The van der Waals surface area contributed by atoms with E-state index in [0.717, 1.165) is 30.4 Å². The molecule has 0 radical (unpaired) electrons. The fourth-order valence-electron chi connectivity index (χ4n) is 4.54. The van der Waals surface area contributed by atoms with Crippen LogP contribution in [0.5, 0.6) is 0 Å². The third-order valence-corrected chi connectivity index (χ3v) is 8.40. The summed E-state index contributed by atoms with van der Waals surface area (Å²) < 4.78 is 27.7. The Balaban J connectivity index is 1.38. The van der Waals surface area contributed by atoms with Gasteiger partial charge in [0, 0.05) is 37.3 Å². The summed E-state index contributed by atoms with van der Waals surface area (Å²) in [6, 6.07) is 10.6. The van der Waals surface area contributed by atoms with E-state index in [4.69, 9.17) is 0 Å². The Labute approximate surface area is 189 Å². The molecule has 1 fully saturated rings. The smallest absolute Gasteiger partial charge is 0.251 e. The second-order valence-corrected chi connectivity index (χ2v) is 10.5. The first-order valence-electron chi connectivity index (χ1n) is 11.0. The third-order valence-electron chi connectivity index (χ3n) is 6.51. The van der Waals surface area contributed by atoms with Crippen molar-refractivity contribution in [2.75, 3.05) is 25.5 Å². The van der Waals surface area contributed by atoms with Crippen molar-refractivity contribution >= 4 is 27.5 Å². The van der Waals surface area contributed by atoms with Gasteiger partial charge in [0.15, 0.2) is 0 Å². The number of hydrogen-bond acceptors (Lipinski definition) is 4. The minimum Gasteiger partial charge on any atom is -0.355 e. The summed E-state index contributed by atoms with van der Waals surface area (Å²) >= 11 is 0. The van der Waals surface area contributed by atoms with Crippen LogP contribution in [0.2, 0.25) is 0 Å². The topological polar surface area (TPSA) is 95.6 Å². The highest BCUT2D eigenvalue weighted by molar-refractivity contribution is 7.89. The van der Waals surface area contributed by atoms with Crippen molar-refractivity contribution in [3.8, 4) is 0 Å². The second-order valence-electron chi connectivity index (χ2n) is 8.56. The van der Waals surface area contributed by atoms with Crippen LogP contribution >= 0.6 is 0 Å². The van der Waals surface area contributed by atoms with Crippen LogP contribution < -0.4 is 10.6 Å². The van der Waals surface area contributed by atoms with Crippen molar-refractivity contribution in [3.63, 3.8) is 0 Å². The molecule has 1 heterocycles. The minimum atomic E-state index is -3.55. The number of carbonyl (C=O) groups excluding carboxylic acids is 2. The lowest BCUT2D eigenvalue weighted by atomic mass is 9.97. The Morgan fingerprint density at radius 3 is 2.41 bits per heavy atom. The van der Waals surface area contributed by atoms with Crippen molar-refractivity contribution in [3.05, 3.63) is 58.7 Å². The van der Waals surface area contributed by atoms with E-state index in [1.807, 2.05) is 19.1 Å². The maximum atomic E-state index is 13.1. The number of fused-ring (bicyclic) bond motifs is 1. The largest absolute Gasteiger partial charge is 0.355 e. The molecule has 7 nitrogen and oxygen atoms in total. The van der Waals surface area contributed by atoms with Crippen molar-refractivity contribution < 1.29 is 18.0 Å². The Morgan fingerprint density at radius 2 is 1.72 bits per heavy atom. The Morgan fingerprint density at radius 1 is 1.00 bits per heavy atom. The Kier molecular flexibility index (Phi) is 6.35. The molecule has 2 aliphatic rings. The van der Waals surface area contributed by atoms with Gasteiger partial charge in [0.2, 0.25) is 15.9 Å². The summed E-state index contributed by atoms with van der Waals surface area (Å²) in [6.07, 6.45) is 3.98. The molecule has 1 saturated heterocycles. The average Bonchev–Trinajstić information content (AvgIpc) is 3.28. The number of anilines is 1. The van der Waals surface area contributed by atoms with Crippen LogP contribution in [0, 0.1) is 12.8 Å². The maximum absolute atomic E-state index is 13.1. The first-order chi connectivity index (χ1) is 15.3. The van der Waals surface area contributed by atoms with Gasteiger partial charge < -0.3 is 10.6 Å². The molecule has 0 spiro atoms. The van der Waals surface area contributed by atoms with Crippen LogP contribution in [0.3, 0.4) is 0 Å². The molecular weight excluding hydrogens is 426 g/mol. The number of aryl methyl sites for hydroxylation is 3. The summed E-state index contributed by atoms with van der Waals surface area (Å²) in [4.78, 5) is 24.9. The summed E-state index contributed by atoms with van der Waals surface area (Å²) in [5.74, 6) is -0.544. The third kappa shape index (κ3) is 4.42. The van der Waals surface area contributed by atoms with E-state index in [2.05, 4.69) is 10.6 Å². The van der Waals surface area contributed by atoms with E-state index in [-0.39, 0.29) is 17.7 Å². The van der Waals surface area contributed by atoms with Crippen LogP contribution in [0.25, 0.3) is 0 Å². The predicted molar refractivity (Wildman–Crippen MR) is 123 cm³/mol. The highest BCUT2D eigenvalue weighted by Crippen LogP contribution is 2.29. The fourth-order valence-corrected chi connectivity index (χ4v) is 6.06. The van der Waals surface area contributed by atoms with Gasteiger partial charge in [-0.1, -0.05) is 6.07 Å². The zero-order valence-corrected chi connectivity index (χ0v) is 19.3. The van der Waals surface area contributed by atoms with E-state index < -0.39 is 10.0 Å². The molecule has 32 heavy (non-hydrogen) atoms. The molecule has 0 unspecified atom stereocenters. The molecule has 8 heteroatoms. The summed E-state index contributed by atoms with van der Waals surface area (Å²) in [5, 5.41) is 5.52. The van der Waals surface area contributed by atoms with Gasteiger partial charge in [-0.25, -0.2) is 8.42 Å². The molecule has 2 N–H and O–H groups in total. The Bertz CT molecular complexity index is 1150. The number of piperidine rings is 1.